The number of benzene rings is 1. The normalized spacial score (nSPS) is 16.1. The fourth-order valence-electron chi connectivity index (χ4n) is 2.51. The molecule has 4 heteroatoms. The van der Waals surface area contributed by atoms with Crippen LogP contribution >= 0.6 is 0 Å². The molecule has 1 heterocycles. The first-order valence-corrected chi connectivity index (χ1v) is 7.38. The van der Waals surface area contributed by atoms with E-state index in [1.165, 1.54) is 5.56 Å². The van der Waals surface area contributed by atoms with E-state index in [9.17, 15) is 4.79 Å². The van der Waals surface area contributed by atoms with Crippen molar-refractivity contribution in [3.8, 4) is 0 Å². The van der Waals surface area contributed by atoms with Crippen molar-refractivity contribution >= 4 is 11.6 Å². The maximum atomic E-state index is 12.7. The Morgan fingerprint density at radius 3 is 2.55 bits per heavy atom. The van der Waals surface area contributed by atoms with E-state index in [-0.39, 0.29) is 11.8 Å². The van der Waals surface area contributed by atoms with Crippen LogP contribution in [0.4, 0.5) is 5.69 Å². The maximum absolute atomic E-state index is 12.7. The number of rotatable bonds is 5. The zero-order valence-corrected chi connectivity index (χ0v) is 12.2. The van der Waals surface area contributed by atoms with Crippen LogP contribution in [0.3, 0.4) is 0 Å². The van der Waals surface area contributed by atoms with Crippen molar-refractivity contribution in [2.24, 2.45) is 11.7 Å². The lowest BCUT2D eigenvalue weighted by Gasteiger charge is -2.29. The van der Waals surface area contributed by atoms with E-state index in [0.717, 1.165) is 24.9 Å². The van der Waals surface area contributed by atoms with Crippen LogP contribution in [-0.2, 0) is 9.53 Å². The van der Waals surface area contributed by atoms with Gasteiger partial charge in [0.1, 0.15) is 0 Å². The predicted octanol–water partition coefficient (Wildman–Crippen LogP) is 2.10. The Kier molecular flexibility index (Phi) is 5.56. The molecule has 1 aliphatic heterocycles. The molecule has 0 spiro atoms. The van der Waals surface area contributed by atoms with Crippen LogP contribution in [0.1, 0.15) is 24.8 Å². The number of hydrogen-bond acceptors (Lipinski definition) is 3. The van der Waals surface area contributed by atoms with E-state index < -0.39 is 0 Å². The molecule has 0 bridgehead atoms. The van der Waals surface area contributed by atoms with Gasteiger partial charge >= 0.3 is 0 Å². The van der Waals surface area contributed by atoms with Gasteiger partial charge in [0.05, 0.1) is 0 Å². The highest BCUT2D eigenvalue weighted by Gasteiger charge is 2.26. The van der Waals surface area contributed by atoms with Crippen molar-refractivity contribution in [2.75, 3.05) is 31.2 Å². The molecule has 0 saturated carbocycles. The van der Waals surface area contributed by atoms with Crippen molar-refractivity contribution in [3.05, 3.63) is 29.8 Å². The summed E-state index contributed by atoms with van der Waals surface area (Å²) in [6.45, 7) is 4.72. The quantitative estimate of drug-likeness (QED) is 0.896. The first kappa shape index (κ1) is 15.0. The Balaban J connectivity index is 2.13. The SMILES string of the molecule is Cc1ccc(N(CCCN)C(=O)C2CCOCC2)cc1. The molecule has 110 valence electrons. The number of anilines is 1. The van der Waals surface area contributed by atoms with Crippen LogP contribution in [0.2, 0.25) is 0 Å². The molecule has 0 aromatic heterocycles. The molecule has 1 aromatic carbocycles. The average Bonchev–Trinajstić information content (AvgIpc) is 2.50. The highest BCUT2D eigenvalue weighted by Crippen LogP contribution is 2.23. The van der Waals surface area contributed by atoms with Gasteiger partial charge in [-0.25, -0.2) is 0 Å². The lowest BCUT2D eigenvalue weighted by atomic mass is 9.98. The molecule has 20 heavy (non-hydrogen) atoms. The van der Waals surface area contributed by atoms with Crippen LogP contribution in [0.25, 0.3) is 0 Å². The minimum atomic E-state index is 0.0860. The summed E-state index contributed by atoms with van der Waals surface area (Å²) in [6, 6.07) is 8.12. The van der Waals surface area contributed by atoms with Gasteiger partial charge in [0, 0.05) is 31.4 Å². The van der Waals surface area contributed by atoms with Crippen LogP contribution in [0.15, 0.2) is 24.3 Å². The average molecular weight is 276 g/mol. The molecule has 2 rings (SSSR count). The first-order valence-electron chi connectivity index (χ1n) is 7.38. The third kappa shape index (κ3) is 3.81. The summed E-state index contributed by atoms with van der Waals surface area (Å²) < 4.78 is 5.34. The zero-order chi connectivity index (χ0) is 14.4. The predicted molar refractivity (Wildman–Crippen MR) is 80.7 cm³/mol. The first-order chi connectivity index (χ1) is 9.72. The molecule has 1 fully saturated rings. The van der Waals surface area contributed by atoms with E-state index in [4.69, 9.17) is 10.5 Å². The van der Waals surface area contributed by atoms with Gasteiger partial charge in [-0.05, 0) is 44.9 Å². The van der Waals surface area contributed by atoms with E-state index in [0.29, 0.717) is 26.3 Å². The minimum Gasteiger partial charge on any atom is -0.381 e. The van der Waals surface area contributed by atoms with Gasteiger partial charge in [-0.1, -0.05) is 17.7 Å². The van der Waals surface area contributed by atoms with Gasteiger partial charge in [-0.3, -0.25) is 4.79 Å². The highest BCUT2D eigenvalue weighted by atomic mass is 16.5. The van der Waals surface area contributed by atoms with Crippen molar-refractivity contribution in [3.63, 3.8) is 0 Å². The molecule has 0 aliphatic carbocycles. The molecule has 2 N–H and O–H groups in total. The molecule has 0 radical (unpaired) electrons. The monoisotopic (exact) mass is 276 g/mol. The second-order valence-electron chi connectivity index (χ2n) is 5.35. The van der Waals surface area contributed by atoms with E-state index in [1.54, 1.807) is 0 Å². The molecule has 0 atom stereocenters. The molecule has 1 amide bonds. The minimum absolute atomic E-state index is 0.0860. The van der Waals surface area contributed by atoms with Gasteiger partial charge in [-0.2, -0.15) is 0 Å². The maximum Gasteiger partial charge on any atom is 0.230 e. The highest BCUT2D eigenvalue weighted by molar-refractivity contribution is 5.95. The third-order valence-corrected chi connectivity index (χ3v) is 3.77. The number of carbonyl (C=O) groups excluding carboxylic acids is 1. The third-order valence-electron chi connectivity index (χ3n) is 3.77. The number of carbonyl (C=O) groups is 1. The number of amides is 1. The van der Waals surface area contributed by atoms with Crippen molar-refractivity contribution in [1.29, 1.82) is 0 Å². The van der Waals surface area contributed by atoms with E-state index in [2.05, 4.69) is 0 Å². The van der Waals surface area contributed by atoms with Gasteiger partial charge in [-0.15, -0.1) is 0 Å². The van der Waals surface area contributed by atoms with Gasteiger partial charge < -0.3 is 15.4 Å². The Bertz CT molecular complexity index is 425. The summed E-state index contributed by atoms with van der Waals surface area (Å²) in [5.41, 5.74) is 7.77. The summed E-state index contributed by atoms with van der Waals surface area (Å²) in [5, 5.41) is 0. The molecule has 1 saturated heterocycles. The topological polar surface area (TPSA) is 55.6 Å². The van der Waals surface area contributed by atoms with Gasteiger partial charge in [0.25, 0.3) is 0 Å². The summed E-state index contributed by atoms with van der Waals surface area (Å²) in [4.78, 5) is 14.6. The summed E-state index contributed by atoms with van der Waals surface area (Å²) in [7, 11) is 0. The standard InChI is InChI=1S/C16H24N2O2/c1-13-3-5-15(6-4-13)18(10-2-9-17)16(19)14-7-11-20-12-8-14/h3-6,14H,2,7-12,17H2,1H3. The van der Waals surface area contributed by atoms with Crippen LogP contribution < -0.4 is 10.6 Å². The number of hydrogen-bond donors (Lipinski definition) is 1. The van der Waals surface area contributed by atoms with Gasteiger partial charge in [0.15, 0.2) is 0 Å². The summed E-state index contributed by atoms with van der Waals surface area (Å²) in [5.74, 6) is 0.299. The Labute approximate surface area is 120 Å². The molecule has 1 aromatic rings. The lowest BCUT2D eigenvalue weighted by molar-refractivity contribution is -0.125. The van der Waals surface area contributed by atoms with Crippen molar-refractivity contribution in [2.45, 2.75) is 26.2 Å². The van der Waals surface area contributed by atoms with E-state index >= 15 is 0 Å². The lowest BCUT2D eigenvalue weighted by Crippen LogP contribution is -2.39. The molecular formula is C16H24N2O2. The fourth-order valence-corrected chi connectivity index (χ4v) is 2.51. The Morgan fingerprint density at radius 2 is 1.95 bits per heavy atom. The van der Waals surface area contributed by atoms with Crippen molar-refractivity contribution < 1.29 is 9.53 Å². The Hall–Kier alpha value is -1.39. The smallest absolute Gasteiger partial charge is 0.230 e. The number of nitrogens with zero attached hydrogens (tertiary/aromatic N) is 1. The number of aryl methyl sites for hydroxylation is 1. The number of ether oxygens (including phenoxy) is 1. The van der Waals surface area contributed by atoms with Crippen molar-refractivity contribution in [1.82, 2.24) is 0 Å². The second kappa shape index (κ2) is 7.41. The molecular weight excluding hydrogens is 252 g/mol. The Morgan fingerprint density at radius 1 is 1.30 bits per heavy atom. The van der Waals surface area contributed by atoms with Crippen LogP contribution in [-0.4, -0.2) is 32.2 Å². The summed E-state index contributed by atoms with van der Waals surface area (Å²) >= 11 is 0. The van der Waals surface area contributed by atoms with Gasteiger partial charge in [0.2, 0.25) is 5.91 Å². The molecule has 4 nitrogen and oxygen atoms in total. The fraction of sp³-hybridized carbons (Fsp3) is 0.562. The van der Waals surface area contributed by atoms with Crippen LogP contribution in [0.5, 0.6) is 0 Å². The second-order valence-corrected chi connectivity index (χ2v) is 5.35. The molecule has 0 unspecified atom stereocenters. The number of nitrogens with two attached hydrogens (primary N) is 1. The zero-order valence-electron chi connectivity index (χ0n) is 12.2. The van der Waals surface area contributed by atoms with E-state index in [1.807, 2.05) is 36.1 Å². The largest absolute Gasteiger partial charge is 0.381 e. The summed E-state index contributed by atoms with van der Waals surface area (Å²) in [6.07, 6.45) is 2.47. The molecule has 1 aliphatic rings. The van der Waals surface area contributed by atoms with Crippen LogP contribution in [0, 0.1) is 12.8 Å².